The van der Waals surface area contributed by atoms with Crippen LogP contribution < -0.4 is 20.9 Å². The number of nitrogens with one attached hydrogen (secondary N) is 2. The first-order valence-corrected chi connectivity index (χ1v) is 9.32. The summed E-state index contributed by atoms with van der Waals surface area (Å²) in [6.07, 6.45) is 1.53. The SMILES string of the molecule is COCCn1cc(C(=O)Nc2cc(NC(C)=O)ccc2OC)c2ccccc2c1=O. The van der Waals surface area contributed by atoms with E-state index in [2.05, 4.69) is 10.6 Å². The Morgan fingerprint density at radius 3 is 2.43 bits per heavy atom. The van der Waals surface area contributed by atoms with E-state index >= 15 is 0 Å². The second kappa shape index (κ2) is 9.23. The van der Waals surface area contributed by atoms with Crippen molar-refractivity contribution in [3.8, 4) is 5.75 Å². The molecular weight excluding hydrogens is 386 g/mol. The summed E-state index contributed by atoms with van der Waals surface area (Å²) in [7, 11) is 3.04. The molecule has 1 aromatic heterocycles. The van der Waals surface area contributed by atoms with Gasteiger partial charge in [-0.25, -0.2) is 0 Å². The molecule has 0 fully saturated rings. The summed E-state index contributed by atoms with van der Waals surface area (Å²) in [5, 5.41) is 6.49. The molecule has 3 aromatic rings. The van der Waals surface area contributed by atoms with Crippen LogP contribution >= 0.6 is 0 Å². The molecule has 8 heteroatoms. The molecule has 2 amide bonds. The van der Waals surface area contributed by atoms with E-state index in [1.807, 2.05) is 0 Å². The molecule has 0 saturated heterocycles. The molecule has 0 bridgehead atoms. The lowest BCUT2D eigenvalue weighted by Gasteiger charge is -2.15. The van der Waals surface area contributed by atoms with Crippen LogP contribution in [-0.4, -0.2) is 37.2 Å². The van der Waals surface area contributed by atoms with Gasteiger partial charge in [-0.05, 0) is 24.3 Å². The van der Waals surface area contributed by atoms with Crippen molar-refractivity contribution >= 4 is 34.0 Å². The van der Waals surface area contributed by atoms with E-state index in [4.69, 9.17) is 9.47 Å². The van der Waals surface area contributed by atoms with Gasteiger partial charge in [-0.1, -0.05) is 18.2 Å². The zero-order valence-electron chi connectivity index (χ0n) is 17.0. The summed E-state index contributed by atoms with van der Waals surface area (Å²) < 4.78 is 11.9. The van der Waals surface area contributed by atoms with Crippen molar-refractivity contribution in [3.05, 3.63) is 64.6 Å². The fourth-order valence-corrected chi connectivity index (χ4v) is 3.16. The molecule has 3 rings (SSSR count). The number of fused-ring (bicyclic) bond motifs is 1. The standard InChI is InChI=1S/C22H23N3O5/c1-14(26)23-15-8-9-20(30-3)19(12-15)24-21(27)18-13-25(10-11-29-2)22(28)17-7-5-4-6-16(17)18/h4-9,12-13H,10-11H2,1-3H3,(H,23,26)(H,24,27). The number of anilines is 2. The van der Waals surface area contributed by atoms with Crippen LogP contribution in [0.1, 0.15) is 17.3 Å². The normalized spacial score (nSPS) is 10.6. The molecule has 0 saturated carbocycles. The number of pyridine rings is 1. The molecule has 0 spiro atoms. The van der Waals surface area contributed by atoms with Gasteiger partial charge in [-0.3, -0.25) is 14.4 Å². The minimum Gasteiger partial charge on any atom is -0.495 e. The van der Waals surface area contributed by atoms with E-state index in [-0.39, 0.29) is 11.5 Å². The van der Waals surface area contributed by atoms with Crippen molar-refractivity contribution in [2.75, 3.05) is 31.5 Å². The highest BCUT2D eigenvalue weighted by Gasteiger charge is 2.17. The number of benzene rings is 2. The summed E-state index contributed by atoms with van der Waals surface area (Å²) in [6.45, 7) is 2.06. The molecule has 2 N–H and O–H groups in total. The predicted octanol–water partition coefficient (Wildman–Crippen LogP) is 2.87. The lowest BCUT2D eigenvalue weighted by atomic mass is 10.1. The fraction of sp³-hybridized carbons (Fsp3) is 0.227. The number of rotatable bonds is 7. The highest BCUT2D eigenvalue weighted by Crippen LogP contribution is 2.29. The highest BCUT2D eigenvalue weighted by atomic mass is 16.5. The van der Waals surface area contributed by atoms with E-state index in [0.29, 0.717) is 46.6 Å². The third-order valence-corrected chi connectivity index (χ3v) is 4.54. The van der Waals surface area contributed by atoms with Gasteiger partial charge in [-0.2, -0.15) is 0 Å². The molecule has 8 nitrogen and oxygen atoms in total. The van der Waals surface area contributed by atoms with Crippen LogP contribution in [-0.2, 0) is 16.1 Å². The van der Waals surface area contributed by atoms with Gasteiger partial charge >= 0.3 is 0 Å². The molecule has 0 unspecified atom stereocenters. The number of ether oxygens (including phenoxy) is 2. The second-order valence-electron chi connectivity index (χ2n) is 6.63. The largest absolute Gasteiger partial charge is 0.495 e. The van der Waals surface area contributed by atoms with Crippen LogP contribution in [0.2, 0.25) is 0 Å². The van der Waals surface area contributed by atoms with Crippen LogP contribution in [0.4, 0.5) is 11.4 Å². The van der Waals surface area contributed by atoms with E-state index in [1.54, 1.807) is 49.6 Å². The molecule has 1 heterocycles. The number of amides is 2. The number of methoxy groups -OCH3 is 2. The van der Waals surface area contributed by atoms with Crippen molar-refractivity contribution in [2.45, 2.75) is 13.5 Å². The Morgan fingerprint density at radius 2 is 1.77 bits per heavy atom. The number of hydrogen-bond acceptors (Lipinski definition) is 5. The van der Waals surface area contributed by atoms with Gasteiger partial charge in [0, 0.05) is 43.2 Å². The first-order chi connectivity index (χ1) is 14.4. The third kappa shape index (κ3) is 4.49. The average Bonchev–Trinajstić information content (AvgIpc) is 2.73. The predicted molar refractivity (Wildman–Crippen MR) is 115 cm³/mol. The van der Waals surface area contributed by atoms with Crippen LogP contribution in [0.3, 0.4) is 0 Å². The number of carbonyl (C=O) groups excluding carboxylic acids is 2. The maximum absolute atomic E-state index is 13.2. The van der Waals surface area contributed by atoms with Gasteiger partial charge in [0.05, 0.1) is 25.0 Å². The highest BCUT2D eigenvalue weighted by molar-refractivity contribution is 6.13. The van der Waals surface area contributed by atoms with Gasteiger partial charge in [-0.15, -0.1) is 0 Å². The Morgan fingerprint density at radius 1 is 1.03 bits per heavy atom. The Balaban J connectivity index is 2.04. The van der Waals surface area contributed by atoms with Crippen LogP contribution in [0.25, 0.3) is 10.8 Å². The van der Waals surface area contributed by atoms with Crippen LogP contribution in [0.15, 0.2) is 53.5 Å². The third-order valence-electron chi connectivity index (χ3n) is 4.54. The molecule has 30 heavy (non-hydrogen) atoms. The van der Waals surface area contributed by atoms with Crippen molar-refractivity contribution in [1.29, 1.82) is 0 Å². The lowest BCUT2D eigenvalue weighted by Crippen LogP contribution is -2.25. The molecule has 156 valence electrons. The van der Waals surface area contributed by atoms with E-state index in [9.17, 15) is 14.4 Å². The summed E-state index contributed by atoms with van der Waals surface area (Å²) in [4.78, 5) is 37.2. The Labute approximate surface area is 173 Å². The van der Waals surface area contributed by atoms with Crippen molar-refractivity contribution in [2.24, 2.45) is 0 Å². The average molecular weight is 409 g/mol. The van der Waals surface area contributed by atoms with Gasteiger partial charge in [0.2, 0.25) is 5.91 Å². The van der Waals surface area contributed by atoms with E-state index in [1.165, 1.54) is 24.8 Å². The topological polar surface area (TPSA) is 98.7 Å². The number of carbonyl (C=O) groups is 2. The molecule has 0 aliphatic carbocycles. The first-order valence-electron chi connectivity index (χ1n) is 9.32. The minimum atomic E-state index is -0.407. The van der Waals surface area contributed by atoms with Crippen LogP contribution in [0, 0.1) is 0 Å². The molecule has 0 aliphatic heterocycles. The van der Waals surface area contributed by atoms with Gasteiger partial charge < -0.3 is 24.7 Å². The smallest absolute Gasteiger partial charge is 0.258 e. The minimum absolute atomic E-state index is 0.190. The molecule has 2 aromatic carbocycles. The van der Waals surface area contributed by atoms with Crippen molar-refractivity contribution in [1.82, 2.24) is 4.57 Å². The number of hydrogen-bond donors (Lipinski definition) is 2. The molecule has 0 aliphatic rings. The Kier molecular flexibility index (Phi) is 6.48. The second-order valence-corrected chi connectivity index (χ2v) is 6.63. The maximum Gasteiger partial charge on any atom is 0.258 e. The Bertz CT molecular complexity index is 1150. The summed E-state index contributed by atoms with van der Waals surface area (Å²) in [6, 6.07) is 11.9. The number of aromatic nitrogens is 1. The zero-order valence-corrected chi connectivity index (χ0v) is 17.0. The van der Waals surface area contributed by atoms with Crippen molar-refractivity contribution in [3.63, 3.8) is 0 Å². The number of nitrogens with zero attached hydrogens (tertiary/aromatic N) is 1. The van der Waals surface area contributed by atoms with Gasteiger partial charge in [0.25, 0.3) is 11.5 Å². The Hall–Kier alpha value is -3.65. The van der Waals surface area contributed by atoms with E-state index in [0.717, 1.165) is 0 Å². The van der Waals surface area contributed by atoms with Gasteiger partial charge in [0.15, 0.2) is 0 Å². The molecule has 0 radical (unpaired) electrons. The van der Waals surface area contributed by atoms with Crippen LogP contribution in [0.5, 0.6) is 5.75 Å². The lowest BCUT2D eigenvalue weighted by molar-refractivity contribution is -0.114. The van der Waals surface area contributed by atoms with Gasteiger partial charge in [0.1, 0.15) is 5.75 Å². The molecular formula is C22H23N3O5. The summed E-state index contributed by atoms with van der Waals surface area (Å²) in [5.41, 5.74) is 1.07. The zero-order chi connectivity index (χ0) is 21.7. The fourth-order valence-electron chi connectivity index (χ4n) is 3.16. The molecule has 0 atom stereocenters. The first kappa shape index (κ1) is 21.1. The van der Waals surface area contributed by atoms with E-state index < -0.39 is 5.91 Å². The maximum atomic E-state index is 13.2. The monoisotopic (exact) mass is 409 g/mol. The quantitative estimate of drug-likeness (QED) is 0.625. The summed E-state index contributed by atoms with van der Waals surface area (Å²) >= 11 is 0. The van der Waals surface area contributed by atoms with Crippen molar-refractivity contribution < 1.29 is 19.1 Å². The summed E-state index contributed by atoms with van der Waals surface area (Å²) in [5.74, 6) is -0.196.